The van der Waals surface area contributed by atoms with E-state index >= 15 is 0 Å². The molecule has 1 atom stereocenters. The van der Waals surface area contributed by atoms with Crippen molar-refractivity contribution in [1.82, 2.24) is 15.1 Å². The molecule has 0 aliphatic rings. The van der Waals surface area contributed by atoms with Crippen LogP contribution in [0.1, 0.15) is 23.0 Å². The quantitative estimate of drug-likeness (QED) is 0.476. The van der Waals surface area contributed by atoms with Gasteiger partial charge in [0.1, 0.15) is 11.7 Å². The van der Waals surface area contributed by atoms with Crippen molar-refractivity contribution in [2.45, 2.75) is 25.9 Å². The molecule has 0 spiro atoms. The molecule has 29 heavy (non-hydrogen) atoms. The van der Waals surface area contributed by atoms with Gasteiger partial charge in [0, 0.05) is 12.6 Å². The fraction of sp³-hybridized carbons (Fsp3) is 0.182. The van der Waals surface area contributed by atoms with Crippen LogP contribution in [0.2, 0.25) is 0 Å². The summed E-state index contributed by atoms with van der Waals surface area (Å²) < 4.78 is 1.59. The van der Waals surface area contributed by atoms with Gasteiger partial charge < -0.3 is 11.1 Å². The van der Waals surface area contributed by atoms with Gasteiger partial charge >= 0.3 is 0 Å². The summed E-state index contributed by atoms with van der Waals surface area (Å²) in [5.41, 5.74) is 6.99. The molecule has 150 valence electrons. The van der Waals surface area contributed by atoms with Crippen LogP contribution in [0.4, 0.5) is 0 Å². The van der Waals surface area contributed by atoms with Crippen molar-refractivity contribution in [3.8, 4) is 0 Å². The number of Topliss-reactive ketones (excluding diaryl/α,β-unsaturated/α-hetero) is 1. The molecule has 1 heterocycles. The molecule has 2 amide bonds. The lowest BCUT2D eigenvalue weighted by Crippen LogP contribution is -2.47. The number of carbonyl (C=O) groups excluding carboxylic acids is 3. The van der Waals surface area contributed by atoms with E-state index in [0.29, 0.717) is 6.54 Å². The Kier molecular flexibility index (Phi) is 7.85. The van der Waals surface area contributed by atoms with Crippen molar-refractivity contribution >= 4 is 17.6 Å². The first-order valence-electron chi connectivity index (χ1n) is 9.10. The van der Waals surface area contributed by atoms with Crippen LogP contribution < -0.4 is 11.1 Å². The number of primary amides is 1. The monoisotopic (exact) mass is 392 g/mol. The molecule has 7 nitrogen and oxygen atoms in total. The molecule has 2 rings (SSSR count). The minimum Gasteiger partial charge on any atom is -0.363 e. The second kappa shape index (κ2) is 10.6. The van der Waals surface area contributed by atoms with Gasteiger partial charge in [-0.15, -0.1) is 0 Å². The van der Waals surface area contributed by atoms with Crippen molar-refractivity contribution in [3.05, 3.63) is 90.3 Å². The number of aromatic nitrogens is 2. The van der Waals surface area contributed by atoms with Gasteiger partial charge in [-0.25, -0.2) is 0 Å². The van der Waals surface area contributed by atoms with E-state index < -0.39 is 23.6 Å². The Morgan fingerprint density at radius 1 is 1.24 bits per heavy atom. The molecule has 3 N–H and O–H groups in total. The highest BCUT2D eigenvalue weighted by Gasteiger charge is 2.26. The number of ketones is 1. The number of carbonyl (C=O) groups is 3. The van der Waals surface area contributed by atoms with Crippen molar-refractivity contribution in [1.29, 1.82) is 0 Å². The molecule has 1 unspecified atom stereocenters. The van der Waals surface area contributed by atoms with Gasteiger partial charge in [-0.3, -0.25) is 19.1 Å². The molecule has 0 saturated carbocycles. The maximum absolute atomic E-state index is 12.6. The van der Waals surface area contributed by atoms with Crippen LogP contribution in [-0.4, -0.2) is 33.4 Å². The van der Waals surface area contributed by atoms with Crippen molar-refractivity contribution in [2.75, 3.05) is 0 Å². The SMILES string of the molecule is C=C/C(=C\C=C/C)Cn1ccc(C(=O)NC(Cc2ccccc2)C(=O)C(N)=O)n1. The highest BCUT2D eigenvalue weighted by atomic mass is 16.2. The fourth-order valence-electron chi connectivity index (χ4n) is 2.63. The minimum atomic E-state index is -1.10. The number of nitrogens with zero attached hydrogens (tertiary/aromatic N) is 2. The van der Waals surface area contributed by atoms with Gasteiger partial charge in [-0.05, 0) is 24.1 Å². The molecule has 0 radical (unpaired) electrons. The Balaban J connectivity index is 2.13. The van der Waals surface area contributed by atoms with Crippen LogP contribution in [0.25, 0.3) is 0 Å². The van der Waals surface area contributed by atoms with Crippen LogP contribution in [0.3, 0.4) is 0 Å². The number of benzene rings is 1. The van der Waals surface area contributed by atoms with Crippen LogP contribution in [-0.2, 0) is 22.6 Å². The van der Waals surface area contributed by atoms with E-state index in [1.54, 1.807) is 35.2 Å². The highest BCUT2D eigenvalue weighted by molar-refractivity contribution is 6.38. The van der Waals surface area contributed by atoms with Crippen molar-refractivity contribution in [2.24, 2.45) is 5.73 Å². The summed E-state index contributed by atoms with van der Waals surface area (Å²) in [7, 11) is 0. The number of amides is 2. The van der Waals surface area contributed by atoms with Crippen LogP contribution in [0.15, 0.2) is 79.1 Å². The zero-order valence-electron chi connectivity index (χ0n) is 16.2. The lowest BCUT2D eigenvalue weighted by molar-refractivity contribution is -0.137. The summed E-state index contributed by atoms with van der Waals surface area (Å²) >= 11 is 0. The maximum Gasteiger partial charge on any atom is 0.287 e. The van der Waals surface area contributed by atoms with Crippen molar-refractivity contribution in [3.63, 3.8) is 0 Å². The topological polar surface area (TPSA) is 107 Å². The standard InChI is InChI=1S/C22H24N4O3/c1-3-5-9-16(4-2)15-26-13-12-18(25-26)22(29)24-19(20(27)21(23)28)14-17-10-7-6-8-11-17/h3-13,19H,2,14-15H2,1H3,(H2,23,28)(H,24,29)/b5-3-,16-9+. The van der Waals surface area contributed by atoms with E-state index in [9.17, 15) is 14.4 Å². The normalized spacial score (nSPS) is 12.5. The summed E-state index contributed by atoms with van der Waals surface area (Å²) in [5, 5.41) is 6.80. The molecule has 0 saturated heterocycles. The first-order chi connectivity index (χ1) is 13.9. The van der Waals surface area contributed by atoms with Crippen LogP contribution in [0, 0.1) is 0 Å². The Labute approximate surface area is 169 Å². The molecule has 0 aliphatic carbocycles. The summed E-state index contributed by atoms with van der Waals surface area (Å²) in [5.74, 6) is -2.51. The van der Waals surface area contributed by atoms with Gasteiger partial charge in [0.15, 0.2) is 0 Å². The van der Waals surface area contributed by atoms with Gasteiger partial charge in [-0.2, -0.15) is 5.10 Å². The third kappa shape index (κ3) is 6.42. The minimum absolute atomic E-state index is 0.134. The second-order valence-corrected chi connectivity index (χ2v) is 6.31. The van der Waals surface area contributed by atoms with E-state index in [0.717, 1.165) is 11.1 Å². The van der Waals surface area contributed by atoms with E-state index in [-0.39, 0.29) is 12.1 Å². The molecule has 0 bridgehead atoms. The Morgan fingerprint density at radius 3 is 2.59 bits per heavy atom. The number of rotatable bonds is 10. The second-order valence-electron chi connectivity index (χ2n) is 6.31. The fourth-order valence-corrected chi connectivity index (χ4v) is 2.63. The number of nitrogens with one attached hydrogen (secondary N) is 1. The molecular weight excluding hydrogens is 368 g/mol. The van der Waals surface area contributed by atoms with Crippen molar-refractivity contribution < 1.29 is 14.4 Å². The zero-order chi connectivity index (χ0) is 21.2. The third-order valence-corrected chi connectivity index (χ3v) is 4.13. The molecular formula is C22H24N4O3. The lowest BCUT2D eigenvalue weighted by atomic mass is 10.0. The van der Waals surface area contributed by atoms with Gasteiger partial charge in [0.05, 0.1) is 6.54 Å². The lowest BCUT2D eigenvalue weighted by Gasteiger charge is -2.15. The Hall–Kier alpha value is -3.74. The van der Waals surface area contributed by atoms with E-state index in [2.05, 4.69) is 17.0 Å². The number of allylic oxidation sites excluding steroid dienone is 5. The predicted octanol–water partition coefficient (Wildman–Crippen LogP) is 1.97. The molecule has 2 aromatic rings. The summed E-state index contributed by atoms with van der Waals surface area (Å²) in [6.45, 7) is 6.11. The van der Waals surface area contributed by atoms with E-state index in [4.69, 9.17) is 5.73 Å². The van der Waals surface area contributed by atoms with Gasteiger partial charge in [-0.1, -0.05) is 61.2 Å². The summed E-state index contributed by atoms with van der Waals surface area (Å²) in [4.78, 5) is 36.1. The van der Waals surface area contributed by atoms with E-state index in [1.165, 1.54) is 0 Å². The first kappa shape index (κ1) is 21.6. The average Bonchev–Trinajstić information content (AvgIpc) is 3.19. The van der Waals surface area contributed by atoms with Crippen LogP contribution >= 0.6 is 0 Å². The van der Waals surface area contributed by atoms with Crippen LogP contribution in [0.5, 0.6) is 0 Å². The van der Waals surface area contributed by atoms with E-state index in [1.807, 2.05) is 43.4 Å². The third-order valence-electron chi connectivity index (χ3n) is 4.13. The maximum atomic E-state index is 12.6. The average molecular weight is 392 g/mol. The number of nitrogens with two attached hydrogens (primary N) is 1. The highest BCUT2D eigenvalue weighted by Crippen LogP contribution is 2.07. The number of hydrogen-bond acceptors (Lipinski definition) is 4. The molecule has 0 aliphatic heterocycles. The summed E-state index contributed by atoms with van der Waals surface area (Å²) in [6.07, 6.45) is 9.20. The largest absolute Gasteiger partial charge is 0.363 e. The van der Waals surface area contributed by atoms with Gasteiger partial charge in [0.25, 0.3) is 11.8 Å². The molecule has 1 aromatic carbocycles. The first-order valence-corrected chi connectivity index (χ1v) is 9.10. The predicted molar refractivity (Wildman–Crippen MR) is 111 cm³/mol. The Morgan fingerprint density at radius 2 is 1.97 bits per heavy atom. The molecule has 7 heteroatoms. The smallest absolute Gasteiger partial charge is 0.287 e. The number of hydrogen-bond donors (Lipinski definition) is 2. The zero-order valence-corrected chi connectivity index (χ0v) is 16.2. The Bertz CT molecular complexity index is 942. The molecule has 1 aromatic heterocycles. The molecule has 0 fully saturated rings. The van der Waals surface area contributed by atoms with Gasteiger partial charge in [0.2, 0.25) is 5.78 Å². The summed E-state index contributed by atoms with van der Waals surface area (Å²) in [6, 6.07) is 9.53.